The molecule has 0 aromatic rings. The summed E-state index contributed by atoms with van der Waals surface area (Å²) in [4.78, 5) is 23.9. The van der Waals surface area contributed by atoms with E-state index in [0.717, 1.165) is 4.90 Å². The Labute approximate surface area is 109 Å². The average molecular weight is 274 g/mol. The van der Waals surface area contributed by atoms with Gasteiger partial charge in [0.05, 0.1) is 11.6 Å². The van der Waals surface area contributed by atoms with Crippen LogP contribution in [0, 0.1) is 5.92 Å². The van der Waals surface area contributed by atoms with E-state index in [2.05, 4.69) is 5.32 Å². The van der Waals surface area contributed by atoms with E-state index in [4.69, 9.17) is 5.11 Å². The van der Waals surface area contributed by atoms with Crippen molar-refractivity contribution in [1.29, 1.82) is 0 Å². The summed E-state index contributed by atoms with van der Waals surface area (Å²) >= 11 is 0. The van der Waals surface area contributed by atoms with Crippen LogP contribution in [-0.2, 0) is 4.79 Å². The Morgan fingerprint density at radius 1 is 1.47 bits per heavy atom. The monoisotopic (exact) mass is 274 g/mol. The molecular formula is C12H16F2N2O3. The fourth-order valence-corrected chi connectivity index (χ4v) is 2.62. The number of carboxylic acids is 1. The predicted molar refractivity (Wildman–Crippen MR) is 62.7 cm³/mol. The summed E-state index contributed by atoms with van der Waals surface area (Å²) in [6.45, 7) is 0. The molecule has 2 amide bonds. The van der Waals surface area contributed by atoms with Crippen molar-refractivity contribution in [1.82, 2.24) is 10.2 Å². The number of nitrogens with one attached hydrogen (secondary N) is 1. The molecule has 19 heavy (non-hydrogen) atoms. The lowest BCUT2D eigenvalue weighted by Crippen LogP contribution is -2.52. The van der Waals surface area contributed by atoms with Crippen molar-refractivity contribution in [3.8, 4) is 0 Å². The third-order valence-corrected chi connectivity index (χ3v) is 3.75. The molecule has 1 aliphatic carbocycles. The fraction of sp³-hybridized carbons (Fsp3) is 0.667. The molecule has 0 bridgehead atoms. The van der Waals surface area contributed by atoms with Gasteiger partial charge in [0.2, 0.25) is 5.92 Å². The lowest BCUT2D eigenvalue weighted by Gasteiger charge is -2.37. The van der Waals surface area contributed by atoms with Gasteiger partial charge in [-0.1, -0.05) is 0 Å². The van der Waals surface area contributed by atoms with Crippen molar-refractivity contribution in [2.24, 2.45) is 5.92 Å². The first kappa shape index (κ1) is 13.8. The number of carboxylic acid groups (broad SMARTS) is 1. The molecule has 0 saturated heterocycles. The maximum atomic E-state index is 13.1. The Hall–Kier alpha value is -1.66. The minimum absolute atomic E-state index is 0.0531. The van der Waals surface area contributed by atoms with Crippen LogP contribution < -0.4 is 5.32 Å². The third-order valence-electron chi connectivity index (χ3n) is 3.75. The van der Waals surface area contributed by atoms with Crippen LogP contribution in [-0.4, -0.2) is 41.0 Å². The molecule has 1 unspecified atom stereocenters. The molecule has 0 aromatic carbocycles. The Kier molecular flexibility index (Phi) is 3.47. The highest BCUT2D eigenvalue weighted by Crippen LogP contribution is 2.39. The van der Waals surface area contributed by atoms with E-state index in [0.29, 0.717) is 0 Å². The van der Waals surface area contributed by atoms with Crippen molar-refractivity contribution in [2.75, 3.05) is 7.05 Å². The minimum atomic E-state index is -2.67. The van der Waals surface area contributed by atoms with Gasteiger partial charge in [0.15, 0.2) is 0 Å². The lowest BCUT2D eigenvalue weighted by atomic mass is 9.79. The van der Waals surface area contributed by atoms with Crippen molar-refractivity contribution in [3.05, 3.63) is 11.8 Å². The highest BCUT2D eigenvalue weighted by molar-refractivity contribution is 5.92. The first-order valence-electron chi connectivity index (χ1n) is 6.16. The molecule has 1 heterocycles. The van der Waals surface area contributed by atoms with E-state index in [9.17, 15) is 18.4 Å². The van der Waals surface area contributed by atoms with Gasteiger partial charge in [-0.3, -0.25) is 0 Å². The molecule has 0 spiro atoms. The predicted octanol–water partition coefficient (Wildman–Crippen LogP) is 1.80. The highest BCUT2D eigenvalue weighted by Gasteiger charge is 2.41. The molecule has 2 aliphatic rings. The number of hydrogen-bond acceptors (Lipinski definition) is 2. The molecule has 106 valence electrons. The highest BCUT2D eigenvalue weighted by atomic mass is 19.3. The van der Waals surface area contributed by atoms with Gasteiger partial charge >= 0.3 is 12.0 Å². The first-order valence-corrected chi connectivity index (χ1v) is 6.16. The summed E-state index contributed by atoms with van der Waals surface area (Å²) < 4.78 is 26.2. The van der Waals surface area contributed by atoms with Gasteiger partial charge in [0.25, 0.3) is 0 Å². The molecule has 1 saturated carbocycles. The van der Waals surface area contributed by atoms with Crippen LogP contribution in [0.1, 0.15) is 25.7 Å². The minimum Gasteiger partial charge on any atom is -0.478 e. The van der Waals surface area contributed by atoms with Crippen LogP contribution in [0.15, 0.2) is 11.8 Å². The summed E-state index contributed by atoms with van der Waals surface area (Å²) in [5.74, 6) is -4.05. The average Bonchev–Trinajstić information content (AvgIpc) is 2.32. The van der Waals surface area contributed by atoms with Crippen molar-refractivity contribution in [3.63, 3.8) is 0 Å². The van der Waals surface area contributed by atoms with E-state index in [-0.39, 0.29) is 37.2 Å². The lowest BCUT2D eigenvalue weighted by molar-refractivity contribution is -0.133. The molecule has 1 atom stereocenters. The Balaban J connectivity index is 2.16. The van der Waals surface area contributed by atoms with Crippen molar-refractivity contribution < 1.29 is 23.5 Å². The zero-order valence-electron chi connectivity index (χ0n) is 10.5. The van der Waals surface area contributed by atoms with Crippen LogP contribution in [0.2, 0.25) is 0 Å². The van der Waals surface area contributed by atoms with Gasteiger partial charge in [-0.15, -0.1) is 0 Å². The normalized spacial score (nSPS) is 27.7. The number of halogens is 2. The Morgan fingerprint density at radius 2 is 2.05 bits per heavy atom. The second-order valence-corrected chi connectivity index (χ2v) is 5.12. The van der Waals surface area contributed by atoms with Gasteiger partial charge in [-0.05, 0) is 18.8 Å². The number of alkyl halides is 2. The van der Waals surface area contributed by atoms with Crippen LogP contribution in [0.5, 0.6) is 0 Å². The second-order valence-electron chi connectivity index (χ2n) is 5.12. The van der Waals surface area contributed by atoms with E-state index >= 15 is 0 Å². The quantitative estimate of drug-likeness (QED) is 0.806. The number of urea groups is 1. The second kappa shape index (κ2) is 4.79. The zero-order valence-corrected chi connectivity index (χ0v) is 10.5. The summed E-state index contributed by atoms with van der Waals surface area (Å²) in [6, 6.07) is -1.09. The molecule has 1 aliphatic heterocycles. The van der Waals surface area contributed by atoms with Crippen LogP contribution >= 0.6 is 0 Å². The van der Waals surface area contributed by atoms with Crippen LogP contribution in [0.25, 0.3) is 0 Å². The smallest absolute Gasteiger partial charge is 0.335 e. The number of amides is 2. The van der Waals surface area contributed by atoms with Crippen LogP contribution in [0.3, 0.4) is 0 Å². The standard InChI is InChI=1S/C12H16F2N2O3/c1-16-6-8(10(17)18)9(15-11(16)19)7-2-4-12(13,14)5-3-7/h6-7,9H,2-5H2,1H3,(H,15,19)(H,17,18). The largest absolute Gasteiger partial charge is 0.478 e. The molecular weight excluding hydrogens is 258 g/mol. The van der Waals surface area contributed by atoms with E-state index in [1.54, 1.807) is 0 Å². The fourth-order valence-electron chi connectivity index (χ4n) is 2.62. The van der Waals surface area contributed by atoms with E-state index in [1.165, 1.54) is 13.2 Å². The molecule has 1 fully saturated rings. The maximum Gasteiger partial charge on any atom is 0.335 e. The molecule has 0 radical (unpaired) electrons. The topological polar surface area (TPSA) is 69.6 Å². The molecule has 7 heteroatoms. The number of aliphatic carboxylic acids is 1. The maximum absolute atomic E-state index is 13.1. The number of carbonyl (C=O) groups is 2. The zero-order chi connectivity index (χ0) is 14.2. The molecule has 0 aromatic heterocycles. The van der Waals surface area contributed by atoms with Gasteiger partial charge in [-0.25, -0.2) is 18.4 Å². The summed E-state index contributed by atoms with van der Waals surface area (Å²) in [6.07, 6.45) is 1.18. The summed E-state index contributed by atoms with van der Waals surface area (Å²) in [5.41, 5.74) is 0.0531. The number of carbonyl (C=O) groups excluding carboxylic acids is 1. The van der Waals surface area contributed by atoms with Gasteiger partial charge in [0.1, 0.15) is 0 Å². The first-order chi connectivity index (χ1) is 8.80. The van der Waals surface area contributed by atoms with E-state index < -0.39 is 24.0 Å². The molecule has 2 N–H and O–H groups in total. The summed E-state index contributed by atoms with van der Waals surface area (Å²) in [5, 5.41) is 11.7. The number of hydrogen-bond donors (Lipinski definition) is 2. The van der Waals surface area contributed by atoms with E-state index in [1.807, 2.05) is 0 Å². The Bertz CT molecular complexity index is 427. The van der Waals surface area contributed by atoms with Gasteiger partial charge in [-0.2, -0.15) is 0 Å². The molecule has 2 rings (SSSR count). The van der Waals surface area contributed by atoms with Crippen LogP contribution in [0.4, 0.5) is 13.6 Å². The van der Waals surface area contributed by atoms with Gasteiger partial charge < -0.3 is 15.3 Å². The van der Waals surface area contributed by atoms with Crippen molar-refractivity contribution in [2.45, 2.75) is 37.6 Å². The Morgan fingerprint density at radius 3 is 2.58 bits per heavy atom. The SMILES string of the molecule is CN1C=C(C(=O)O)C(C2CCC(F)(F)CC2)NC1=O. The molecule has 5 nitrogen and oxygen atoms in total. The van der Waals surface area contributed by atoms with Crippen molar-refractivity contribution >= 4 is 12.0 Å². The number of rotatable bonds is 2. The van der Waals surface area contributed by atoms with Gasteiger partial charge in [0, 0.05) is 26.1 Å². The third kappa shape index (κ3) is 2.85. The number of nitrogens with zero attached hydrogens (tertiary/aromatic N) is 1. The summed E-state index contributed by atoms with van der Waals surface area (Å²) in [7, 11) is 1.45.